The van der Waals surface area contributed by atoms with Crippen LogP contribution in [0.1, 0.15) is 239 Å². The Labute approximate surface area is 448 Å². The first kappa shape index (κ1) is 68.3. The summed E-state index contributed by atoms with van der Waals surface area (Å²) in [4.78, 5) is 38.1. The average molecular weight is 1010 g/mol. The van der Waals surface area contributed by atoms with E-state index >= 15 is 0 Å². The monoisotopic (exact) mass is 1010 g/mol. The van der Waals surface area contributed by atoms with Crippen LogP contribution in [0.5, 0.6) is 0 Å². The van der Waals surface area contributed by atoms with Gasteiger partial charge >= 0.3 is 17.9 Å². The van der Waals surface area contributed by atoms with Crippen LogP contribution in [0.25, 0.3) is 0 Å². The summed E-state index contributed by atoms with van der Waals surface area (Å²) in [6, 6.07) is 0. The van der Waals surface area contributed by atoms with Gasteiger partial charge in [0.05, 0.1) is 6.42 Å². The van der Waals surface area contributed by atoms with Crippen molar-refractivity contribution in [2.45, 2.75) is 245 Å². The molecule has 0 heterocycles. The van der Waals surface area contributed by atoms with Crippen molar-refractivity contribution in [1.82, 2.24) is 0 Å². The number of hydrogen-bond donors (Lipinski definition) is 0. The summed E-state index contributed by atoms with van der Waals surface area (Å²) in [6.45, 7) is 6.28. The number of unbranched alkanes of at least 4 members (excludes halogenated alkanes) is 17. The second-order valence-corrected chi connectivity index (χ2v) is 18.8. The van der Waals surface area contributed by atoms with Crippen molar-refractivity contribution in [2.75, 3.05) is 13.2 Å². The van der Waals surface area contributed by atoms with Crippen LogP contribution in [0.4, 0.5) is 0 Å². The van der Waals surface area contributed by atoms with Crippen molar-refractivity contribution in [2.24, 2.45) is 0 Å². The normalized spacial score (nSPS) is 13.2. The van der Waals surface area contributed by atoms with Crippen LogP contribution in [-0.2, 0) is 28.6 Å². The molecule has 0 bridgehead atoms. The van der Waals surface area contributed by atoms with Gasteiger partial charge in [-0.05, 0) is 122 Å². The van der Waals surface area contributed by atoms with Crippen LogP contribution in [0.3, 0.4) is 0 Å². The molecule has 0 aliphatic carbocycles. The van der Waals surface area contributed by atoms with Gasteiger partial charge in [0.2, 0.25) is 0 Å². The van der Waals surface area contributed by atoms with Gasteiger partial charge in [-0.15, -0.1) is 0 Å². The molecule has 410 valence electrons. The molecule has 0 aromatic carbocycles. The fourth-order valence-corrected chi connectivity index (χ4v) is 7.51. The Morgan fingerprint density at radius 1 is 0.301 bits per heavy atom. The summed E-state index contributed by atoms with van der Waals surface area (Å²) in [5.41, 5.74) is 0. The molecule has 1 unspecified atom stereocenters. The first-order chi connectivity index (χ1) is 36.0. The molecule has 0 amide bonds. The number of carbonyl (C=O) groups excluding carboxylic acids is 3. The van der Waals surface area contributed by atoms with Gasteiger partial charge in [-0.2, -0.15) is 0 Å². The van der Waals surface area contributed by atoms with Crippen molar-refractivity contribution in [3.63, 3.8) is 0 Å². The van der Waals surface area contributed by atoms with E-state index in [-0.39, 0.29) is 38.0 Å². The molecule has 6 nitrogen and oxygen atoms in total. The predicted octanol–water partition coefficient (Wildman–Crippen LogP) is 20.0. The molecular weight excluding hydrogens is 901 g/mol. The Morgan fingerprint density at radius 3 is 0.959 bits per heavy atom. The number of rotatable bonds is 51. The maximum atomic E-state index is 12.9. The number of hydrogen-bond acceptors (Lipinski definition) is 6. The van der Waals surface area contributed by atoms with Gasteiger partial charge in [-0.3, -0.25) is 14.4 Å². The average Bonchev–Trinajstić information content (AvgIpc) is 3.39. The van der Waals surface area contributed by atoms with Crippen LogP contribution in [0, 0.1) is 0 Å². The highest BCUT2D eigenvalue weighted by atomic mass is 16.6. The highest BCUT2D eigenvalue weighted by Gasteiger charge is 2.19. The Hall–Kier alpha value is -4.71. The summed E-state index contributed by atoms with van der Waals surface area (Å²) in [5.74, 6) is -1.10. The fraction of sp³-hybridized carbons (Fsp3) is 0.597. The zero-order chi connectivity index (χ0) is 52.9. The first-order valence-corrected chi connectivity index (χ1v) is 29.3. The van der Waals surface area contributed by atoms with Gasteiger partial charge in [0.15, 0.2) is 6.10 Å². The fourth-order valence-electron chi connectivity index (χ4n) is 7.51. The van der Waals surface area contributed by atoms with Crippen molar-refractivity contribution in [3.8, 4) is 0 Å². The number of carbonyl (C=O) groups is 3. The zero-order valence-electron chi connectivity index (χ0n) is 46.8. The summed E-state index contributed by atoms with van der Waals surface area (Å²) >= 11 is 0. The van der Waals surface area contributed by atoms with E-state index in [9.17, 15) is 14.4 Å². The largest absolute Gasteiger partial charge is 0.462 e. The molecule has 0 fully saturated rings. The quantitative estimate of drug-likeness (QED) is 0.0261. The van der Waals surface area contributed by atoms with Gasteiger partial charge in [0.1, 0.15) is 13.2 Å². The van der Waals surface area contributed by atoms with E-state index in [0.29, 0.717) is 6.42 Å². The molecule has 0 radical (unpaired) electrons. The molecule has 0 N–H and O–H groups in total. The van der Waals surface area contributed by atoms with Crippen molar-refractivity contribution >= 4 is 17.9 Å². The Kier molecular flexibility index (Phi) is 56.0. The second-order valence-electron chi connectivity index (χ2n) is 18.8. The minimum atomic E-state index is -0.841. The topological polar surface area (TPSA) is 78.9 Å². The van der Waals surface area contributed by atoms with Crippen molar-refractivity contribution < 1.29 is 28.6 Å². The van der Waals surface area contributed by atoms with Crippen LogP contribution in [0.15, 0.2) is 146 Å². The summed E-state index contributed by atoms with van der Waals surface area (Å²) < 4.78 is 16.7. The Bertz CT molecular complexity index is 1630. The van der Waals surface area contributed by atoms with Crippen molar-refractivity contribution in [3.05, 3.63) is 146 Å². The summed E-state index contributed by atoms with van der Waals surface area (Å²) in [6.07, 6.45) is 85.8. The summed E-state index contributed by atoms with van der Waals surface area (Å²) in [5, 5.41) is 0. The lowest BCUT2D eigenvalue weighted by Crippen LogP contribution is -2.30. The maximum Gasteiger partial charge on any atom is 0.309 e. The predicted molar refractivity (Wildman–Crippen MR) is 315 cm³/mol. The van der Waals surface area contributed by atoms with Gasteiger partial charge < -0.3 is 14.2 Å². The third kappa shape index (κ3) is 58.1. The molecule has 73 heavy (non-hydrogen) atoms. The minimum absolute atomic E-state index is 0.113. The molecule has 0 saturated heterocycles. The lowest BCUT2D eigenvalue weighted by atomic mass is 10.1. The number of ether oxygens (including phenoxy) is 3. The lowest BCUT2D eigenvalue weighted by molar-refractivity contribution is -0.166. The van der Waals surface area contributed by atoms with E-state index in [4.69, 9.17) is 14.2 Å². The molecule has 0 aromatic rings. The molecular formula is C67H106O6. The molecule has 0 aliphatic rings. The molecule has 0 aromatic heterocycles. The molecule has 0 rings (SSSR count). The Morgan fingerprint density at radius 2 is 0.589 bits per heavy atom. The van der Waals surface area contributed by atoms with Gasteiger partial charge in [-0.25, -0.2) is 0 Å². The lowest BCUT2D eigenvalue weighted by Gasteiger charge is -2.18. The van der Waals surface area contributed by atoms with Gasteiger partial charge in [0.25, 0.3) is 0 Å². The van der Waals surface area contributed by atoms with Gasteiger partial charge in [-0.1, -0.05) is 244 Å². The van der Waals surface area contributed by atoms with Crippen LogP contribution in [0.2, 0.25) is 0 Å². The van der Waals surface area contributed by atoms with Crippen LogP contribution in [-0.4, -0.2) is 37.2 Å². The van der Waals surface area contributed by atoms with Crippen molar-refractivity contribution in [1.29, 1.82) is 0 Å². The molecule has 0 aliphatic heterocycles. The first-order valence-electron chi connectivity index (χ1n) is 29.3. The second kappa shape index (κ2) is 59.8. The van der Waals surface area contributed by atoms with E-state index in [1.54, 1.807) is 6.08 Å². The van der Waals surface area contributed by atoms with Crippen LogP contribution >= 0.6 is 0 Å². The summed E-state index contributed by atoms with van der Waals surface area (Å²) in [7, 11) is 0. The maximum absolute atomic E-state index is 12.9. The highest BCUT2D eigenvalue weighted by Crippen LogP contribution is 2.13. The number of esters is 3. The smallest absolute Gasteiger partial charge is 0.309 e. The Balaban J connectivity index is 4.52. The standard InChI is InChI=1S/C67H106O6/c1-4-7-10-13-16-19-22-25-28-30-31-32-33-34-35-37-39-42-45-48-51-54-57-60-66(69)72-63-64(62-71-65(68)59-56-53-50-47-44-41-38-27-24-21-18-15-12-9-6-3)73-67(70)61-58-55-52-49-46-43-40-36-29-26-23-20-17-14-11-8-5-2/h8-9,11-12,17-18,20-22,25-27,29-31,33-34,38,40,43-44,47,53,56,64H,4-7,10,13-16,19,23-24,28,32,35-37,39,41-42,45-46,48-52,54-55,57-63H2,1-3H3/b11-8-,12-9-,20-17-,21-18-,25-22-,29-26-,31-30-,34-33-,38-27-,43-40-,47-44-,56-53-. The highest BCUT2D eigenvalue weighted by molar-refractivity contribution is 5.72. The van der Waals surface area contributed by atoms with E-state index in [0.717, 1.165) is 128 Å². The zero-order valence-corrected chi connectivity index (χ0v) is 46.8. The molecule has 0 saturated carbocycles. The molecule has 0 spiro atoms. The van der Waals surface area contributed by atoms with Gasteiger partial charge in [0, 0.05) is 12.8 Å². The number of allylic oxidation sites excluding steroid dienone is 23. The third-order valence-electron chi connectivity index (χ3n) is 11.8. The van der Waals surface area contributed by atoms with E-state index < -0.39 is 12.1 Å². The molecule has 6 heteroatoms. The molecule has 1 atom stereocenters. The van der Waals surface area contributed by atoms with E-state index in [2.05, 4.69) is 154 Å². The van der Waals surface area contributed by atoms with E-state index in [1.165, 1.54) is 70.6 Å². The SMILES string of the molecule is CC/C=C\C/C=C\C/C=C\C/C=C\C/C=C\CC(=O)OCC(COC(=O)CCCCCCCCCC/C=C\C/C=C\C/C=C\CCCCCCC)OC(=O)CCCCCC/C=C\C/C=C\C/C=C\C/C=C\CC. The third-order valence-corrected chi connectivity index (χ3v) is 11.8. The minimum Gasteiger partial charge on any atom is -0.462 e. The van der Waals surface area contributed by atoms with Crippen LogP contribution < -0.4 is 0 Å². The van der Waals surface area contributed by atoms with E-state index in [1.807, 2.05) is 6.08 Å².